The summed E-state index contributed by atoms with van der Waals surface area (Å²) in [5.41, 5.74) is 3.12. The number of pyridine rings is 1. The van der Waals surface area contributed by atoms with Gasteiger partial charge in [-0.25, -0.2) is 14.8 Å². The summed E-state index contributed by atoms with van der Waals surface area (Å²) in [6, 6.07) is 2.18. The number of carbonyl (C=O) groups is 2. The van der Waals surface area contributed by atoms with Crippen molar-refractivity contribution in [1.29, 1.82) is 0 Å². The largest absolute Gasteiger partial charge is 0.490 e. The molecule has 2 aliphatic rings. The number of carbonyl (C=O) groups excluding carboxylic acids is 1. The monoisotopic (exact) mass is 529 g/mol. The molecular formula is C24H34F3N5O5. The number of likely N-dealkylation sites (N-methyl/N-ethyl adjacent to an activating group) is 1. The first-order valence-electron chi connectivity index (χ1n) is 12.2. The van der Waals surface area contributed by atoms with E-state index in [-0.39, 0.29) is 5.92 Å². The minimum absolute atomic E-state index is 0.139. The maximum absolute atomic E-state index is 12.8. The van der Waals surface area contributed by atoms with E-state index in [0.717, 1.165) is 67.9 Å². The number of fused-ring (bicyclic) bond motifs is 1. The van der Waals surface area contributed by atoms with Crippen LogP contribution in [-0.2, 0) is 26.1 Å². The van der Waals surface area contributed by atoms with Crippen LogP contribution in [0, 0.1) is 5.92 Å². The van der Waals surface area contributed by atoms with Crippen LogP contribution in [-0.4, -0.2) is 96.2 Å². The normalized spacial score (nSPS) is 17.4. The van der Waals surface area contributed by atoms with Gasteiger partial charge in [0.15, 0.2) is 5.82 Å². The zero-order valence-electron chi connectivity index (χ0n) is 21.3. The summed E-state index contributed by atoms with van der Waals surface area (Å²) < 4.78 is 44.4. The zero-order valence-corrected chi connectivity index (χ0v) is 21.3. The summed E-state index contributed by atoms with van der Waals surface area (Å²) in [7, 11) is 5.77. The molecule has 10 nitrogen and oxygen atoms in total. The number of nitrogens with zero attached hydrogens (tertiary/aromatic N) is 5. The molecule has 37 heavy (non-hydrogen) atoms. The summed E-state index contributed by atoms with van der Waals surface area (Å²) >= 11 is 0. The molecule has 0 aliphatic carbocycles. The van der Waals surface area contributed by atoms with Crippen LogP contribution in [0.25, 0.3) is 11.0 Å². The molecule has 2 aromatic heterocycles. The number of carboxylic acids is 1. The smallest absolute Gasteiger partial charge is 0.475 e. The summed E-state index contributed by atoms with van der Waals surface area (Å²) in [5.74, 6) is -1.04. The molecule has 0 spiro atoms. The highest BCUT2D eigenvalue weighted by atomic mass is 19.4. The Morgan fingerprint density at radius 1 is 1.22 bits per heavy atom. The molecule has 13 heteroatoms. The van der Waals surface area contributed by atoms with Gasteiger partial charge in [-0.3, -0.25) is 4.79 Å². The van der Waals surface area contributed by atoms with Crippen molar-refractivity contribution in [2.45, 2.75) is 37.8 Å². The van der Waals surface area contributed by atoms with Crippen molar-refractivity contribution in [2.75, 3.05) is 58.5 Å². The number of halogens is 3. The number of piperidine rings is 1. The van der Waals surface area contributed by atoms with Crippen LogP contribution in [0.5, 0.6) is 0 Å². The van der Waals surface area contributed by atoms with Gasteiger partial charge in [0, 0.05) is 71.6 Å². The lowest BCUT2D eigenvalue weighted by atomic mass is 9.91. The second-order valence-electron chi connectivity index (χ2n) is 9.30. The minimum Gasteiger partial charge on any atom is -0.475 e. The Labute approximate surface area is 213 Å². The molecule has 2 fully saturated rings. The topological polar surface area (TPSA) is 110 Å². The average Bonchev–Trinajstić information content (AvgIpc) is 3.27. The number of likely N-dealkylation sites (tertiary alicyclic amines) is 1. The molecule has 0 radical (unpaired) electrons. The third-order valence-corrected chi connectivity index (χ3v) is 6.74. The van der Waals surface area contributed by atoms with Gasteiger partial charge >= 0.3 is 12.1 Å². The van der Waals surface area contributed by atoms with Gasteiger partial charge in [0.25, 0.3) is 0 Å². The molecule has 2 aromatic rings. The number of ether oxygens (including phenoxy) is 2. The van der Waals surface area contributed by atoms with Crippen molar-refractivity contribution in [3.8, 4) is 0 Å². The summed E-state index contributed by atoms with van der Waals surface area (Å²) in [6.07, 6.45) is 0.376. The molecule has 0 saturated carbocycles. The number of anilines is 1. The lowest BCUT2D eigenvalue weighted by molar-refractivity contribution is -0.192. The molecular weight excluding hydrogens is 495 g/mol. The Kier molecular flexibility index (Phi) is 9.71. The number of methoxy groups -OCH3 is 1. The predicted octanol–water partition coefficient (Wildman–Crippen LogP) is 2.82. The van der Waals surface area contributed by atoms with Gasteiger partial charge in [0.1, 0.15) is 5.52 Å². The fraction of sp³-hybridized carbons (Fsp3) is 0.667. The van der Waals surface area contributed by atoms with Crippen molar-refractivity contribution in [3.05, 3.63) is 18.1 Å². The number of carboxylic acid groups (broad SMARTS) is 1. The first kappa shape index (κ1) is 28.6. The number of aliphatic carboxylic acids is 1. The molecule has 1 N–H and O–H groups in total. The van der Waals surface area contributed by atoms with E-state index in [1.165, 1.54) is 0 Å². The fourth-order valence-electron chi connectivity index (χ4n) is 4.54. The molecule has 4 rings (SSSR count). The predicted molar refractivity (Wildman–Crippen MR) is 129 cm³/mol. The van der Waals surface area contributed by atoms with Crippen molar-refractivity contribution < 1.29 is 37.3 Å². The van der Waals surface area contributed by atoms with Crippen molar-refractivity contribution in [2.24, 2.45) is 13.0 Å². The third-order valence-electron chi connectivity index (χ3n) is 6.74. The zero-order chi connectivity index (χ0) is 27.2. The maximum Gasteiger partial charge on any atom is 0.490 e. The van der Waals surface area contributed by atoms with Crippen molar-refractivity contribution in [1.82, 2.24) is 19.4 Å². The molecule has 2 aliphatic heterocycles. The van der Waals surface area contributed by atoms with Gasteiger partial charge in [-0.1, -0.05) is 0 Å². The minimum atomic E-state index is -5.08. The SMILES string of the molecule is COCCN(C)c1nc(C2CCN(C(=O)C3CCOCC3)CC2)cc2c1ncn2C.O=C(O)C(F)(F)F. The van der Waals surface area contributed by atoms with Crippen LogP contribution in [0.3, 0.4) is 0 Å². The maximum atomic E-state index is 12.8. The van der Waals surface area contributed by atoms with E-state index in [2.05, 4.69) is 25.4 Å². The number of amides is 1. The Hall–Kier alpha value is -2.93. The summed E-state index contributed by atoms with van der Waals surface area (Å²) in [5, 5.41) is 7.12. The van der Waals surface area contributed by atoms with Crippen molar-refractivity contribution >= 4 is 28.7 Å². The number of rotatable bonds is 6. The summed E-state index contributed by atoms with van der Waals surface area (Å²) in [4.78, 5) is 35.5. The second-order valence-corrected chi connectivity index (χ2v) is 9.30. The molecule has 0 unspecified atom stereocenters. The van der Waals surface area contributed by atoms with E-state index in [1.807, 2.05) is 20.4 Å². The van der Waals surface area contributed by atoms with Crippen LogP contribution in [0.4, 0.5) is 19.0 Å². The first-order chi connectivity index (χ1) is 17.5. The molecule has 0 aromatic carbocycles. The Morgan fingerprint density at radius 2 is 1.84 bits per heavy atom. The van der Waals surface area contributed by atoms with Crippen LogP contribution in [0.15, 0.2) is 12.4 Å². The fourth-order valence-corrected chi connectivity index (χ4v) is 4.54. The van der Waals surface area contributed by atoms with Gasteiger partial charge in [-0.15, -0.1) is 0 Å². The van der Waals surface area contributed by atoms with Crippen LogP contribution in [0.1, 0.15) is 37.3 Å². The second kappa shape index (κ2) is 12.5. The number of hydrogen-bond donors (Lipinski definition) is 1. The van der Waals surface area contributed by atoms with E-state index in [0.29, 0.717) is 31.6 Å². The van der Waals surface area contributed by atoms with E-state index < -0.39 is 12.1 Å². The highest BCUT2D eigenvalue weighted by Crippen LogP contribution is 2.33. The third kappa shape index (κ3) is 7.31. The van der Waals surface area contributed by atoms with E-state index in [1.54, 1.807) is 7.11 Å². The number of alkyl halides is 3. The number of imidazole rings is 1. The van der Waals surface area contributed by atoms with Crippen LogP contribution < -0.4 is 4.90 Å². The lowest BCUT2D eigenvalue weighted by Gasteiger charge is -2.35. The van der Waals surface area contributed by atoms with Crippen LogP contribution in [0.2, 0.25) is 0 Å². The molecule has 206 valence electrons. The summed E-state index contributed by atoms with van der Waals surface area (Å²) in [6.45, 7) is 4.43. The molecule has 0 bridgehead atoms. The Bertz CT molecular complexity index is 1060. The quantitative estimate of drug-likeness (QED) is 0.609. The molecule has 2 saturated heterocycles. The van der Waals surface area contributed by atoms with Crippen molar-refractivity contribution in [3.63, 3.8) is 0 Å². The van der Waals surface area contributed by atoms with Gasteiger partial charge in [0.05, 0.1) is 18.5 Å². The van der Waals surface area contributed by atoms with Gasteiger partial charge in [0.2, 0.25) is 5.91 Å². The number of aryl methyl sites for hydroxylation is 1. The van der Waals surface area contributed by atoms with E-state index in [9.17, 15) is 18.0 Å². The number of aromatic nitrogens is 3. The highest BCUT2D eigenvalue weighted by Gasteiger charge is 2.38. The molecule has 1 amide bonds. The Balaban J connectivity index is 0.000000479. The van der Waals surface area contributed by atoms with E-state index in [4.69, 9.17) is 24.4 Å². The van der Waals surface area contributed by atoms with Gasteiger partial charge in [-0.05, 0) is 31.7 Å². The first-order valence-corrected chi connectivity index (χ1v) is 12.2. The molecule has 4 heterocycles. The Morgan fingerprint density at radius 3 is 2.41 bits per heavy atom. The van der Waals surface area contributed by atoms with Crippen LogP contribution >= 0.6 is 0 Å². The van der Waals surface area contributed by atoms with Gasteiger partial charge in [-0.2, -0.15) is 13.2 Å². The lowest BCUT2D eigenvalue weighted by Crippen LogP contribution is -2.42. The van der Waals surface area contributed by atoms with Gasteiger partial charge < -0.3 is 28.9 Å². The van der Waals surface area contributed by atoms with E-state index >= 15 is 0 Å². The molecule has 0 atom stereocenters. The number of hydrogen-bond acceptors (Lipinski definition) is 7. The standard InChI is InChI=1S/C22H33N5O3.C2HF3O2/c1-25(10-13-29-3)21-20-19(26(2)15-23-20)14-18(24-21)16-4-8-27(9-5-16)22(28)17-6-11-30-12-7-17;3-2(4,5)1(6)7/h14-17H,4-13H2,1-3H3;(H,6,7). The highest BCUT2D eigenvalue weighted by molar-refractivity contribution is 5.87. The average molecular weight is 530 g/mol.